The van der Waals surface area contributed by atoms with E-state index >= 15 is 0 Å². The topological polar surface area (TPSA) is 68.4 Å². The van der Waals surface area contributed by atoms with Gasteiger partial charge in [-0.25, -0.2) is 4.98 Å². The molecule has 0 bridgehead atoms. The number of nitrogens with two attached hydrogens (primary N) is 1. The zero-order chi connectivity index (χ0) is 12.4. The Kier molecular flexibility index (Phi) is 3.19. The Morgan fingerprint density at radius 1 is 1.41 bits per heavy atom. The molecule has 88 valence electrons. The molecule has 2 aromatic rings. The third-order valence-corrected chi connectivity index (χ3v) is 3.11. The number of aromatic hydroxyl groups is 1. The fourth-order valence-electron chi connectivity index (χ4n) is 1.30. The molecule has 1 heterocycles. The van der Waals surface area contributed by atoms with E-state index in [1.165, 1.54) is 6.07 Å². The maximum Gasteiger partial charge on any atom is 0.219 e. The second kappa shape index (κ2) is 4.63. The first-order valence-electron chi connectivity index (χ1n) is 4.95. The van der Waals surface area contributed by atoms with Crippen LogP contribution >= 0.6 is 15.9 Å². The van der Waals surface area contributed by atoms with Crippen LogP contribution in [0.1, 0.15) is 5.56 Å². The van der Waals surface area contributed by atoms with Crippen molar-refractivity contribution in [2.75, 3.05) is 5.73 Å². The van der Waals surface area contributed by atoms with E-state index in [2.05, 4.69) is 20.9 Å². The number of phenolic OH excluding ortho intramolecular Hbond substituents is 1. The van der Waals surface area contributed by atoms with Gasteiger partial charge in [0.05, 0.1) is 0 Å². The number of aromatic nitrogens is 1. The van der Waals surface area contributed by atoms with Crippen molar-refractivity contribution in [3.8, 4) is 17.4 Å². The zero-order valence-electron chi connectivity index (χ0n) is 9.14. The lowest BCUT2D eigenvalue weighted by Gasteiger charge is -2.09. The molecule has 0 fully saturated rings. The van der Waals surface area contributed by atoms with Gasteiger partial charge in [-0.05, 0) is 40.5 Å². The highest BCUT2D eigenvalue weighted by atomic mass is 79.9. The standard InChI is InChI=1S/C12H11BrN2O2/c1-7-5-11(15-6-8(7)13)17-10-4-2-3-9(16)12(10)14/h2-6,16H,14H2,1H3. The number of aryl methyl sites for hydroxylation is 1. The fraction of sp³-hybridized carbons (Fsp3) is 0.0833. The summed E-state index contributed by atoms with van der Waals surface area (Å²) >= 11 is 3.36. The normalized spacial score (nSPS) is 10.2. The largest absolute Gasteiger partial charge is 0.506 e. The minimum atomic E-state index is -0.00339. The van der Waals surface area contributed by atoms with Crippen LogP contribution in [0.3, 0.4) is 0 Å². The van der Waals surface area contributed by atoms with Crippen LogP contribution in [0.5, 0.6) is 17.4 Å². The highest BCUT2D eigenvalue weighted by Crippen LogP contribution is 2.33. The van der Waals surface area contributed by atoms with Crippen molar-refractivity contribution in [2.24, 2.45) is 0 Å². The summed E-state index contributed by atoms with van der Waals surface area (Å²) in [7, 11) is 0. The van der Waals surface area contributed by atoms with Crippen LogP contribution in [0, 0.1) is 6.92 Å². The van der Waals surface area contributed by atoms with E-state index in [-0.39, 0.29) is 11.4 Å². The van der Waals surface area contributed by atoms with Crippen molar-refractivity contribution in [2.45, 2.75) is 6.92 Å². The van der Waals surface area contributed by atoms with Gasteiger partial charge in [-0.1, -0.05) is 6.07 Å². The minimum absolute atomic E-state index is 0.00339. The van der Waals surface area contributed by atoms with Gasteiger partial charge in [-0.2, -0.15) is 0 Å². The molecule has 0 aliphatic rings. The van der Waals surface area contributed by atoms with Crippen LogP contribution in [0.2, 0.25) is 0 Å². The molecular weight excluding hydrogens is 284 g/mol. The maximum absolute atomic E-state index is 9.44. The van der Waals surface area contributed by atoms with Crippen molar-refractivity contribution in [1.82, 2.24) is 4.98 Å². The minimum Gasteiger partial charge on any atom is -0.506 e. The summed E-state index contributed by atoms with van der Waals surface area (Å²) in [5, 5.41) is 9.44. The lowest BCUT2D eigenvalue weighted by Crippen LogP contribution is -1.94. The summed E-state index contributed by atoms with van der Waals surface area (Å²) in [6.45, 7) is 1.93. The first kappa shape index (κ1) is 11.7. The molecule has 3 N–H and O–H groups in total. The summed E-state index contributed by atoms with van der Waals surface area (Å²) in [5.41, 5.74) is 6.90. The second-order valence-corrected chi connectivity index (χ2v) is 4.42. The Bertz CT molecular complexity index is 558. The van der Waals surface area contributed by atoms with Gasteiger partial charge >= 0.3 is 0 Å². The number of benzene rings is 1. The molecule has 0 atom stereocenters. The van der Waals surface area contributed by atoms with Gasteiger partial charge in [0.15, 0.2) is 5.75 Å². The Morgan fingerprint density at radius 3 is 2.88 bits per heavy atom. The molecule has 0 saturated heterocycles. The average molecular weight is 295 g/mol. The predicted octanol–water partition coefficient (Wildman–Crippen LogP) is 3.23. The van der Waals surface area contributed by atoms with Crippen LogP contribution in [-0.2, 0) is 0 Å². The van der Waals surface area contributed by atoms with E-state index < -0.39 is 0 Å². The van der Waals surface area contributed by atoms with Gasteiger partial charge in [0.2, 0.25) is 5.88 Å². The quantitative estimate of drug-likeness (QED) is 0.659. The van der Waals surface area contributed by atoms with Gasteiger partial charge in [0.1, 0.15) is 11.4 Å². The number of nitrogens with zero attached hydrogens (tertiary/aromatic N) is 1. The Balaban J connectivity index is 2.31. The third kappa shape index (κ3) is 2.50. The summed E-state index contributed by atoms with van der Waals surface area (Å²) in [6.07, 6.45) is 1.66. The number of rotatable bonds is 2. The van der Waals surface area contributed by atoms with Crippen molar-refractivity contribution < 1.29 is 9.84 Å². The highest BCUT2D eigenvalue weighted by molar-refractivity contribution is 9.10. The molecule has 1 aromatic heterocycles. The van der Waals surface area contributed by atoms with Crippen LogP contribution < -0.4 is 10.5 Å². The van der Waals surface area contributed by atoms with Crippen molar-refractivity contribution >= 4 is 21.6 Å². The summed E-state index contributed by atoms with van der Waals surface area (Å²) in [5.74, 6) is 0.818. The van der Waals surface area contributed by atoms with Crippen LogP contribution in [0.4, 0.5) is 5.69 Å². The molecule has 0 aliphatic heterocycles. The molecule has 0 spiro atoms. The number of halogens is 1. The first-order valence-corrected chi connectivity index (χ1v) is 5.74. The summed E-state index contributed by atoms with van der Waals surface area (Å²) in [6, 6.07) is 6.62. The van der Waals surface area contributed by atoms with E-state index in [4.69, 9.17) is 10.5 Å². The van der Waals surface area contributed by atoms with E-state index in [0.717, 1.165) is 10.0 Å². The predicted molar refractivity (Wildman–Crippen MR) is 69.3 cm³/mol. The van der Waals surface area contributed by atoms with Crippen LogP contribution in [-0.4, -0.2) is 10.1 Å². The van der Waals surface area contributed by atoms with Gasteiger partial charge < -0.3 is 15.6 Å². The Hall–Kier alpha value is -1.75. The molecule has 5 heteroatoms. The van der Waals surface area contributed by atoms with Gasteiger partial charge in [0, 0.05) is 16.7 Å². The fourth-order valence-corrected chi connectivity index (χ4v) is 1.52. The molecule has 2 rings (SSSR count). The second-order valence-electron chi connectivity index (χ2n) is 3.56. The van der Waals surface area contributed by atoms with E-state index in [1.54, 1.807) is 24.4 Å². The number of para-hydroxylation sites is 1. The Morgan fingerprint density at radius 2 is 2.18 bits per heavy atom. The number of pyridine rings is 1. The molecule has 0 saturated carbocycles. The lowest BCUT2D eigenvalue weighted by molar-refractivity contribution is 0.449. The lowest BCUT2D eigenvalue weighted by atomic mass is 10.2. The van der Waals surface area contributed by atoms with Crippen LogP contribution in [0.25, 0.3) is 0 Å². The van der Waals surface area contributed by atoms with E-state index in [0.29, 0.717) is 11.6 Å². The van der Waals surface area contributed by atoms with E-state index in [1.807, 2.05) is 6.92 Å². The average Bonchev–Trinajstić information content (AvgIpc) is 2.30. The molecule has 0 amide bonds. The molecule has 4 nitrogen and oxygen atoms in total. The number of phenols is 1. The van der Waals surface area contributed by atoms with Crippen molar-refractivity contribution in [3.05, 3.63) is 40.5 Å². The summed E-state index contributed by atoms with van der Waals surface area (Å²) in [4.78, 5) is 4.10. The highest BCUT2D eigenvalue weighted by Gasteiger charge is 2.07. The number of anilines is 1. The number of hydrogen-bond acceptors (Lipinski definition) is 4. The molecule has 0 radical (unpaired) electrons. The van der Waals surface area contributed by atoms with E-state index in [9.17, 15) is 5.11 Å². The monoisotopic (exact) mass is 294 g/mol. The molecular formula is C12H11BrN2O2. The van der Waals surface area contributed by atoms with Crippen molar-refractivity contribution in [1.29, 1.82) is 0 Å². The first-order chi connectivity index (χ1) is 8.08. The molecule has 0 unspecified atom stereocenters. The summed E-state index contributed by atoms with van der Waals surface area (Å²) < 4.78 is 6.42. The molecule has 1 aromatic carbocycles. The zero-order valence-corrected chi connectivity index (χ0v) is 10.7. The SMILES string of the molecule is Cc1cc(Oc2cccc(O)c2N)ncc1Br. The molecule has 17 heavy (non-hydrogen) atoms. The number of hydrogen-bond donors (Lipinski definition) is 2. The van der Waals surface area contributed by atoms with Gasteiger partial charge in [-0.15, -0.1) is 0 Å². The number of ether oxygens (including phenoxy) is 1. The number of nitrogen functional groups attached to an aromatic ring is 1. The smallest absolute Gasteiger partial charge is 0.219 e. The Labute approximate surface area is 107 Å². The van der Waals surface area contributed by atoms with Crippen molar-refractivity contribution in [3.63, 3.8) is 0 Å². The van der Waals surface area contributed by atoms with Gasteiger partial charge in [0.25, 0.3) is 0 Å². The third-order valence-electron chi connectivity index (χ3n) is 2.28. The maximum atomic E-state index is 9.44. The van der Waals surface area contributed by atoms with Gasteiger partial charge in [-0.3, -0.25) is 0 Å². The molecule has 0 aliphatic carbocycles. The van der Waals surface area contributed by atoms with Crippen LogP contribution in [0.15, 0.2) is 34.9 Å².